The number of hydrogen-bond donors (Lipinski definition) is 1. The molecule has 0 bridgehead atoms. The van der Waals surface area contributed by atoms with Gasteiger partial charge < -0.3 is 15.2 Å². The van der Waals surface area contributed by atoms with Gasteiger partial charge in [0, 0.05) is 13.0 Å². The number of carbonyl (C=O) groups is 1. The summed E-state index contributed by atoms with van der Waals surface area (Å²) >= 11 is 0. The van der Waals surface area contributed by atoms with Gasteiger partial charge in [-0.3, -0.25) is 9.69 Å². The highest BCUT2D eigenvalue weighted by Crippen LogP contribution is 2.09. The van der Waals surface area contributed by atoms with E-state index in [2.05, 4.69) is 0 Å². The lowest BCUT2D eigenvalue weighted by molar-refractivity contribution is -0.122. The van der Waals surface area contributed by atoms with Gasteiger partial charge in [0.25, 0.3) is 0 Å². The molecule has 1 fully saturated rings. The summed E-state index contributed by atoms with van der Waals surface area (Å²) in [6.45, 7) is 3.87. The normalized spacial score (nSPS) is 20.2. The van der Waals surface area contributed by atoms with Crippen molar-refractivity contribution in [1.29, 1.82) is 0 Å². The van der Waals surface area contributed by atoms with Crippen LogP contribution < -0.4 is 5.73 Å². The van der Waals surface area contributed by atoms with Crippen LogP contribution in [0.25, 0.3) is 0 Å². The number of carbonyl (C=O) groups excluding carboxylic acids is 1. The molecule has 0 unspecified atom stereocenters. The first kappa shape index (κ1) is 11.4. The summed E-state index contributed by atoms with van der Waals surface area (Å²) in [5, 5.41) is 0. The Balaban J connectivity index is 2.19. The van der Waals surface area contributed by atoms with Crippen LogP contribution >= 0.6 is 0 Å². The van der Waals surface area contributed by atoms with Gasteiger partial charge in [-0.2, -0.15) is 0 Å². The fourth-order valence-corrected chi connectivity index (χ4v) is 1.29. The lowest BCUT2D eigenvalue weighted by Gasteiger charge is -2.22. The summed E-state index contributed by atoms with van der Waals surface area (Å²) in [4.78, 5) is 12.8. The second-order valence-electron chi connectivity index (χ2n) is 3.52. The van der Waals surface area contributed by atoms with Gasteiger partial charge in [-0.05, 0) is 14.0 Å². The number of nitrogens with two attached hydrogens (primary N) is 1. The molecule has 1 amide bonds. The lowest BCUT2D eigenvalue weighted by atomic mass is 10.2. The third-order valence-electron chi connectivity index (χ3n) is 2.48. The maximum absolute atomic E-state index is 10.9. The highest BCUT2D eigenvalue weighted by molar-refractivity contribution is 5.79. The molecule has 0 saturated carbocycles. The van der Waals surface area contributed by atoms with Crippen LogP contribution in [0.3, 0.4) is 0 Å². The van der Waals surface area contributed by atoms with Crippen LogP contribution in [0.5, 0.6) is 0 Å². The summed E-state index contributed by atoms with van der Waals surface area (Å²) in [5.74, 6) is -0.305. The van der Waals surface area contributed by atoms with E-state index in [0.717, 1.165) is 13.0 Å². The zero-order valence-electron chi connectivity index (χ0n) is 8.73. The van der Waals surface area contributed by atoms with Gasteiger partial charge in [0.2, 0.25) is 5.91 Å². The number of ether oxygens (including phenoxy) is 2. The summed E-state index contributed by atoms with van der Waals surface area (Å²) in [7, 11) is 1.87. The third kappa shape index (κ3) is 3.25. The van der Waals surface area contributed by atoms with E-state index in [1.54, 1.807) is 6.92 Å². The molecule has 0 aliphatic carbocycles. The highest BCUT2D eigenvalue weighted by atomic mass is 16.7. The van der Waals surface area contributed by atoms with E-state index in [9.17, 15) is 4.79 Å². The molecular weight excluding hydrogens is 184 g/mol. The van der Waals surface area contributed by atoms with Crippen LogP contribution in [0.1, 0.15) is 13.3 Å². The molecule has 0 spiro atoms. The first-order valence-corrected chi connectivity index (χ1v) is 4.84. The fourth-order valence-electron chi connectivity index (χ4n) is 1.29. The largest absolute Gasteiger partial charge is 0.368 e. The minimum absolute atomic E-state index is 0.113. The highest BCUT2D eigenvalue weighted by Gasteiger charge is 2.19. The van der Waals surface area contributed by atoms with Crippen molar-refractivity contribution >= 4 is 5.91 Å². The molecule has 1 aliphatic rings. The van der Waals surface area contributed by atoms with Crippen molar-refractivity contribution < 1.29 is 14.3 Å². The zero-order valence-corrected chi connectivity index (χ0v) is 8.73. The van der Waals surface area contributed by atoms with Crippen molar-refractivity contribution in [2.75, 3.05) is 26.8 Å². The molecule has 14 heavy (non-hydrogen) atoms. The van der Waals surface area contributed by atoms with Gasteiger partial charge in [-0.15, -0.1) is 0 Å². The summed E-state index contributed by atoms with van der Waals surface area (Å²) in [5.41, 5.74) is 5.18. The molecule has 1 atom stereocenters. The van der Waals surface area contributed by atoms with Crippen LogP contribution in [0.2, 0.25) is 0 Å². The molecule has 0 aromatic carbocycles. The Morgan fingerprint density at radius 1 is 1.57 bits per heavy atom. The summed E-state index contributed by atoms with van der Waals surface area (Å²) in [6.07, 6.45) is 0.659. The number of primary amides is 1. The van der Waals surface area contributed by atoms with Crippen molar-refractivity contribution in [3.63, 3.8) is 0 Å². The average molecular weight is 202 g/mol. The van der Waals surface area contributed by atoms with Gasteiger partial charge in [-0.1, -0.05) is 0 Å². The maximum atomic E-state index is 10.9. The molecule has 82 valence electrons. The van der Waals surface area contributed by atoms with Gasteiger partial charge in [0.05, 0.1) is 19.3 Å². The van der Waals surface area contributed by atoms with E-state index in [1.165, 1.54) is 0 Å². The third-order valence-corrected chi connectivity index (χ3v) is 2.48. The smallest absolute Gasteiger partial charge is 0.234 e. The molecule has 1 rings (SSSR count). The van der Waals surface area contributed by atoms with Crippen LogP contribution in [0.15, 0.2) is 0 Å². The lowest BCUT2D eigenvalue weighted by Crippen LogP contribution is -2.41. The monoisotopic (exact) mass is 202 g/mol. The van der Waals surface area contributed by atoms with E-state index in [1.807, 2.05) is 11.9 Å². The molecule has 0 aromatic rings. The van der Waals surface area contributed by atoms with Gasteiger partial charge in [0.15, 0.2) is 6.29 Å². The van der Waals surface area contributed by atoms with E-state index in [0.29, 0.717) is 13.2 Å². The van der Waals surface area contributed by atoms with Gasteiger partial charge in [-0.25, -0.2) is 0 Å². The summed E-state index contributed by atoms with van der Waals surface area (Å²) < 4.78 is 10.6. The number of amides is 1. The molecule has 0 radical (unpaired) electrons. The first-order valence-electron chi connectivity index (χ1n) is 4.84. The Bertz CT molecular complexity index is 192. The van der Waals surface area contributed by atoms with Crippen LogP contribution in [0.4, 0.5) is 0 Å². The molecule has 0 aromatic heterocycles. The number of likely N-dealkylation sites (N-methyl/N-ethyl adjacent to an activating group) is 1. The van der Waals surface area contributed by atoms with Crippen molar-refractivity contribution in [3.8, 4) is 0 Å². The van der Waals surface area contributed by atoms with Crippen molar-refractivity contribution in [1.82, 2.24) is 4.90 Å². The Hall–Kier alpha value is -0.650. The Labute approximate surface area is 84.1 Å². The van der Waals surface area contributed by atoms with Gasteiger partial charge >= 0.3 is 0 Å². The van der Waals surface area contributed by atoms with Crippen molar-refractivity contribution in [3.05, 3.63) is 0 Å². The Morgan fingerprint density at radius 2 is 2.14 bits per heavy atom. The minimum atomic E-state index is -0.305. The van der Waals surface area contributed by atoms with Crippen LogP contribution in [-0.4, -0.2) is 49.9 Å². The van der Waals surface area contributed by atoms with Gasteiger partial charge in [0.1, 0.15) is 0 Å². The Kier molecular flexibility index (Phi) is 4.31. The molecule has 5 heteroatoms. The van der Waals surface area contributed by atoms with Crippen LogP contribution in [-0.2, 0) is 14.3 Å². The second-order valence-corrected chi connectivity index (χ2v) is 3.52. The standard InChI is InChI=1S/C9H18N2O3/c1-7(9(10)12)11(2)4-3-8-13-5-6-14-8/h7-8H,3-6H2,1-2H3,(H2,10,12)/t7-/m1/s1. The number of rotatable bonds is 5. The number of hydrogen-bond acceptors (Lipinski definition) is 4. The quantitative estimate of drug-likeness (QED) is 0.656. The zero-order chi connectivity index (χ0) is 10.6. The van der Waals surface area contributed by atoms with E-state index < -0.39 is 0 Å². The SMILES string of the molecule is C[C@H](C(N)=O)N(C)CCC1OCCO1. The predicted octanol–water partition coefficient (Wildman–Crippen LogP) is -0.445. The molecule has 1 aliphatic heterocycles. The van der Waals surface area contributed by atoms with E-state index in [-0.39, 0.29) is 18.2 Å². The molecular formula is C9H18N2O3. The predicted molar refractivity (Wildman–Crippen MR) is 51.6 cm³/mol. The maximum Gasteiger partial charge on any atom is 0.234 e. The minimum Gasteiger partial charge on any atom is -0.368 e. The Morgan fingerprint density at radius 3 is 2.64 bits per heavy atom. The van der Waals surface area contributed by atoms with E-state index >= 15 is 0 Å². The first-order chi connectivity index (χ1) is 6.61. The molecule has 2 N–H and O–H groups in total. The van der Waals surface area contributed by atoms with E-state index in [4.69, 9.17) is 15.2 Å². The fraction of sp³-hybridized carbons (Fsp3) is 0.889. The summed E-state index contributed by atoms with van der Waals surface area (Å²) in [6, 6.07) is -0.239. The number of nitrogens with zero attached hydrogens (tertiary/aromatic N) is 1. The molecule has 1 heterocycles. The molecule has 1 saturated heterocycles. The molecule has 5 nitrogen and oxygen atoms in total. The topological polar surface area (TPSA) is 64.8 Å². The average Bonchev–Trinajstić information content (AvgIpc) is 2.65. The second kappa shape index (κ2) is 5.29. The van der Waals surface area contributed by atoms with Crippen molar-refractivity contribution in [2.24, 2.45) is 5.73 Å². The van der Waals surface area contributed by atoms with Crippen LogP contribution in [0, 0.1) is 0 Å². The van der Waals surface area contributed by atoms with Crippen molar-refractivity contribution in [2.45, 2.75) is 25.7 Å².